The third-order valence-electron chi connectivity index (χ3n) is 2.56. The number of carbonyl (C=O) groups is 1. The molecule has 90 valence electrons. The fraction of sp³-hybridized carbons (Fsp3) is 0.273. The fourth-order valence-electron chi connectivity index (χ4n) is 1.61. The Morgan fingerprint density at radius 1 is 1.59 bits per heavy atom. The lowest BCUT2D eigenvalue weighted by molar-refractivity contribution is -0.139. The van der Waals surface area contributed by atoms with Gasteiger partial charge in [-0.25, -0.2) is 4.98 Å². The lowest BCUT2D eigenvalue weighted by atomic mass is 10.3. The van der Waals surface area contributed by atoms with Gasteiger partial charge in [0.2, 0.25) is 0 Å². The molecule has 0 aliphatic carbocycles. The molecule has 0 fully saturated rings. The third-order valence-corrected chi connectivity index (χ3v) is 3.24. The number of carbonyl (C=O) groups excluding carboxylic acids is 1. The second-order valence-electron chi connectivity index (χ2n) is 3.59. The van der Waals surface area contributed by atoms with Crippen molar-refractivity contribution in [3.05, 3.63) is 23.2 Å². The van der Waals surface area contributed by atoms with Crippen LogP contribution in [0.3, 0.4) is 0 Å². The minimum Gasteiger partial charge on any atom is -0.469 e. The van der Waals surface area contributed by atoms with Crippen LogP contribution in [0.2, 0.25) is 0 Å². The fourth-order valence-corrected chi connectivity index (χ4v) is 2.17. The highest BCUT2D eigenvalue weighted by molar-refractivity contribution is 7.13. The molecule has 2 N–H and O–H groups in total. The van der Waals surface area contributed by atoms with Gasteiger partial charge in [-0.15, -0.1) is 11.3 Å². The SMILES string of the molecule is COC(=O)Cc1ccc(-c2csc(N)n2)n1C. The van der Waals surface area contributed by atoms with Crippen LogP contribution in [-0.2, 0) is 23.0 Å². The van der Waals surface area contributed by atoms with E-state index in [-0.39, 0.29) is 12.4 Å². The van der Waals surface area contributed by atoms with Gasteiger partial charge >= 0.3 is 5.97 Å². The van der Waals surface area contributed by atoms with Gasteiger partial charge in [-0.1, -0.05) is 0 Å². The molecule has 0 amide bonds. The van der Waals surface area contributed by atoms with Crippen LogP contribution in [0.1, 0.15) is 5.69 Å². The number of nitrogen functional groups attached to an aromatic ring is 1. The first-order valence-corrected chi connectivity index (χ1v) is 5.92. The van der Waals surface area contributed by atoms with Crippen LogP contribution in [0.25, 0.3) is 11.4 Å². The van der Waals surface area contributed by atoms with Gasteiger partial charge in [0.1, 0.15) is 0 Å². The molecule has 0 spiro atoms. The van der Waals surface area contributed by atoms with E-state index in [0.717, 1.165) is 17.1 Å². The number of anilines is 1. The third kappa shape index (κ3) is 2.31. The number of hydrogen-bond acceptors (Lipinski definition) is 5. The number of hydrogen-bond donors (Lipinski definition) is 1. The van der Waals surface area contributed by atoms with Crippen LogP contribution in [-0.4, -0.2) is 22.6 Å². The van der Waals surface area contributed by atoms with E-state index < -0.39 is 0 Å². The molecule has 0 unspecified atom stereocenters. The Bertz CT molecular complexity index is 545. The minimum atomic E-state index is -0.254. The summed E-state index contributed by atoms with van der Waals surface area (Å²) < 4.78 is 6.56. The highest BCUT2D eigenvalue weighted by Crippen LogP contribution is 2.24. The lowest BCUT2D eigenvalue weighted by Gasteiger charge is -2.05. The first-order valence-electron chi connectivity index (χ1n) is 5.04. The predicted octanol–water partition coefficient (Wildman–Crippen LogP) is 1.45. The monoisotopic (exact) mass is 251 g/mol. The first kappa shape index (κ1) is 11.7. The van der Waals surface area contributed by atoms with Gasteiger partial charge in [0, 0.05) is 18.1 Å². The minimum absolute atomic E-state index is 0.254. The Labute approximate surface area is 103 Å². The molecule has 0 radical (unpaired) electrons. The van der Waals surface area contributed by atoms with Crippen LogP contribution in [0.5, 0.6) is 0 Å². The molecule has 2 rings (SSSR count). The highest BCUT2D eigenvalue weighted by atomic mass is 32.1. The zero-order valence-electron chi connectivity index (χ0n) is 9.64. The molecule has 0 aliphatic heterocycles. The van der Waals surface area contributed by atoms with Crippen molar-refractivity contribution in [1.82, 2.24) is 9.55 Å². The molecule has 0 atom stereocenters. The topological polar surface area (TPSA) is 70.1 Å². The van der Waals surface area contributed by atoms with E-state index in [0.29, 0.717) is 5.13 Å². The summed E-state index contributed by atoms with van der Waals surface area (Å²) in [5, 5.41) is 2.43. The van der Waals surface area contributed by atoms with E-state index >= 15 is 0 Å². The summed E-state index contributed by atoms with van der Waals surface area (Å²) in [5.41, 5.74) is 8.25. The number of nitrogens with two attached hydrogens (primary N) is 1. The summed E-state index contributed by atoms with van der Waals surface area (Å²) in [7, 11) is 3.27. The molecule has 0 aromatic carbocycles. The summed E-state index contributed by atoms with van der Waals surface area (Å²) in [4.78, 5) is 15.4. The van der Waals surface area contributed by atoms with Crippen LogP contribution in [0.4, 0.5) is 5.13 Å². The van der Waals surface area contributed by atoms with Gasteiger partial charge in [0.05, 0.1) is 24.9 Å². The second kappa shape index (κ2) is 4.58. The largest absolute Gasteiger partial charge is 0.469 e. The molecule has 17 heavy (non-hydrogen) atoms. The van der Waals surface area contributed by atoms with Crippen molar-refractivity contribution < 1.29 is 9.53 Å². The van der Waals surface area contributed by atoms with Crippen molar-refractivity contribution in [1.29, 1.82) is 0 Å². The van der Waals surface area contributed by atoms with Crippen molar-refractivity contribution in [2.75, 3.05) is 12.8 Å². The zero-order chi connectivity index (χ0) is 12.4. The molecule has 0 bridgehead atoms. The second-order valence-corrected chi connectivity index (χ2v) is 4.48. The van der Waals surface area contributed by atoms with Gasteiger partial charge in [-0.3, -0.25) is 4.79 Å². The number of ether oxygens (including phenoxy) is 1. The van der Waals surface area contributed by atoms with Crippen LogP contribution in [0, 0.1) is 0 Å². The molecular weight excluding hydrogens is 238 g/mol. The first-order chi connectivity index (χ1) is 8.11. The molecule has 0 aliphatic rings. The molecule has 6 heteroatoms. The number of aromatic nitrogens is 2. The van der Waals surface area contributed by atoms with E-state index in [2.05, 4.69) is 9.72 Å². The van der Waals surface area contributed by atoms with E-state index in [1.807, 2.05) is 29.1 Å². The van der Waals surface area contributed by atoms with E-state index in [1.165, 1.54) is 18.4 Å². The van der Waals surface area contributed by atoms with Crippen LogP contribution < -0.4 is 5.73 Å². The summed E-state index contributed by atoms with van der Waals surface area (Å²) in [6, 6.07) is 3.81. The Balaban J connectivity index is 2.29. The number of methoxy groups -OCH3 is 1. The quantitative estimate of drug-likeness (QED) is 0.838. The molecular formula is C11H13N3O2S. The van der Waals surface area contributed by atoms with Gasteiger partial charge in [0.25, 0.3) is 0 Å². The van der Waals surface area contributed by atoms with Crippen molar-refractivity contribution in [3.63, 3.8) is 0 Å². The Morgan fingerprint density at radius 3 is 2.94 bits per heavy atom. The maximum atomic E-state index is 11.2. The summed E-state index contributed by atoms with van der Waals surface area (Å²) >= 11 is 1.40. The van der Waals surface area contributed by atoms with Crippen molar-refractivity contribution in [2.24, 2.45) is 7.05 Å². The van der Waals surface area contributed by atoms with E-state index in [9.17, 15) is 4.79 Å². The number of esters is 1. The predicted molar refractivity (Wildman–Crippen MR) is 66.7 cm³/mol. The molecule has 2 aromatic heterocycles. The smallest absolute Gasteiger partial charge is 0.311 e. The molecule has 0 saturated carbocycles. The van der Waals surface area contributed by atoms with Crippen LogP contribution >= 0.6 is 11.3 Å². The standard InChI is InChI=1S/C11H13N3O2S/c1-14-7(5-10(15)16-2)3-4-9(14)8-6-17-11(12)13-8/h3-4,6H,5H2,1-2H3,(H2,12,13). The van der Waals surface area contributed by atoms with Crippen molar-refractivity contribution >= 4 is 22.4 Å². The number of thiazole rings is 1. The normalized spacial score (nSPS) is 10.5. The summed E-state index contributed by atoms with van der Waals surface area (Å²) in [6.45, 7) is 0. The van der Waals surface area contributed by atoms with E-state index in [4.69, 9.17) is 5.73 Å². The zero-order valence-corrected chi connectivity index (χ0v) is 10.5. The summed E-state index contributed by atoms with van der Waals surface area (Å²) in [6.07, 6.45) is 0.257. The summed E-state index contributed by atoms with van der Waals surface area (Å²) in [5.74, 6) is -0.254. The van der Waals surface area contributed by atoms with Gasteiger partial charge in [-0.05, 0) is 12.1 Å². The maximum absolute atomic E-state index is 11.2. The van der Waals surface area contributed by atoms with Gasteiger partial charge < -0.3 is 15.0 Å². The Hall–Kier alpha value is -1.82. The molecule has 0 saturated heterocycles. The van der Waals surface area contributed by atoms with Crippen molar-refractivity contribution in [3.8, 4) is 11.4 Å². The number of rotatable bonds is 3. The Kier molecular flexibility index (Phi) is 3.14. The number of nitrogens with zero attached hydrogens (tertiary/aromatic N) is 2. The maximum Gasteiger partial charge on any atom is 0.311 e. The highest BCUT2D eigenvalue weighted by Gasteiger charge is 2.12. The average molecular weight is 251 g/mol. The van der Waals surface area contributed by atoms with E-state index in [1.54, 1.807) is 0 Å². The molecule has 2 aromatic rings. The van der Waals surface area contributed by atoms with Crippen molar-refractivity contribution in [2.45, 2.75) is 6.42 Å². The average Bonchev–Trinajstić information content (AvgIpc) is 2.87. The molecule has 2 heterocycles. The Morgan fingerprint density at radius 2 is 2.35 bits per heavy atom. The van der Waals surface area contributed by atoms with Crippen LogP contribution in [0.15, 0.2) is 17.5 Å². The van der Waals surface area contributed by atoms with Gasteiger partial charge in [0.15, 0.2) is 5.13 Å². The molecule has 5 nitrogen and oxygen atoms in total. The lowest BCUT2D eigenvalue weighted by Crippen LogP contribution is -2.08. The van der Waals surface area contributed by atoms with Gasteiger partial charge in [-0.2, -0.15) is 0 Å².